The minimum Gasteiger partial charge on any atom is -0.465 e. The van der Waals surface area contributed by atoms with Crippen LogP contribution in [0.5, 0.6) is 0 Å². The minimum atomic E-state index is -0.958. The highest BCUT2D eigenvalue weighted by Gasteiger charge is 2.22. The maximum Gasteiger partial charge on any atom is 0.415 e. The van der Waals surface area contributed by atoms with Crippen molar-refractivity contribution in [2.45, 2.75) is 39.7 Å². The SMILES string of the molecule is C#CCN(C(=O)OC(C)(C)C)c1ccc(/C=C/c2ccc(N(CCC)C(=O)O)cc2)cc1. The van der Waals surface area contributed by atoms with Gasteiger partial charge in [0.05, 0.1) is 6.54 Å². The smallest absolute Gasteiger partial charge is 0.415 e. The monoisotopic (exact) mass is 434 g/mol. The normalized spacial score (nSPS) is 11.1. The summed E-state index contributed by atoms with van der Waals surface area (Å²) in [6.07, 6.45) is 8.61. The molecule has 0 aliphatic carbocycles. The van der Waals surface area contributed by atoms with E-state index in [-0.39, 0.29) is 6.54 Å². The molecule has 0 unspecified atom stereocenters. The van der Waals surface area contributed by atoms with Crippen molar-refractivity contribution in [2.24, 2.45) is 0 Å². The first-order valence-corrected chi connectivity index (χ1v) is 10.5. The fraction of sp³-hybridized carbons (Fsp3) is 0.308. The van der Waals surface area contributed by atoms with Crippen LogP contribution in [0.4, 0.5) is 21.0 Å². The Morgan fingerprint density at radius 1 is 0.969 bits per heavy atom. The molecule has 32 heavy (non-hydrogen) atoms. The molecule has 2 rings (SSSR count). The number of hydrogen-bond donors (Lipinski definition) is 1. The van der Waals surface area contributed by atoms with Gasteiger partial charge in [-0.3, -0.25) is 9.80 Å². The highest BCUT2D eigenvalue weighted by molar-refractivity contribution is 5.89. The Kier molecular flexibility index (Phi) is 8.48. The summed E-state index contributed by atoms with van der Waals surface area (Å²) in [5.74, 6) is 2.49. The van der Waals surface area contributed by atoms with E-state index in [9.17, 15) is 14.7 Å². The third-order valence-corrected chi connectivity index (χ3v) is 4.42. The van der Waals surface area contributed by atoms with Gasteiger partial charge in [-0.1, -0.05) is 49.3 Å². The van der Waals surface area contributed by atoms with Crippen LogP contribution in [0.1, 0.15) is 45.2 Å². The van der Waals surface area contributed by atoms with E-state index in [1.807, 2.05) is 76.2 Å². The van der Waals surface area contributed by atoms with Gasteiger partial charge in [0.2, 0.25) is 0 Å². The number of rotatable bonds is 7. The number of nitrogens with zero attached hydrogens (tertiary/aromatic N) is 2. The minimum absolute atomic E-state index is 0.113. The molecule has 6 heteroatoms. The molecule has 6 nitrogen and oxygen atoms in total. The summed E-state index contributed by atoms with van der Waals surface area (Å²) in [5, 5.41) is 9.33. The molecule has 2 amide bonds. The van der Waals surface area contributed by atoms with Crippen LogP contribution < -0.4 is 9.80 Å². The van der Waals surface area contributed by atoms with Crippen molar-refractivity contribution < 1.29 is 19.4 Å². The maximum atomic E-state index is 12.5. The van der Waals surface area contributed by atoms with E-state index in [1.165, 1.54) is 9.80 Å². The van der Waals surface area contributed by atoms with Crippen LogP contribution in [0.3, 0.4) is 0 Å². The number of terminal acetylenes is 1. The molecule has 0 spiro atoms. The molecule has 2 aromatic rings. The van der Waals surface area contributed by atoms with Gasteiger partial charge in [-0.05, 0) is 62.6 Å². The largest absolute Gasteiger partial charge is 0.465 e. The van der Waals surface area contributed by atoms with E-state index >= 15 is 0 Å². The van der Waals surface area contributed by atoms with Crippen LogP contribution in [-0.4, -0.2) is 36.0 Å². The molecular formula is C26H30N2O4. The summed E-state index contributed by atoms with van der Waals surface area (Å²) >= 11 is 0. The van der Waals surface area contributed by atoms with Crippen LogP contribution in [0.2, 0.25) is 0 Å². The zero-order valence-corrected chi connectivity index (χ0v) is 19.0. The standard InChI is InChI=1S/C26H30N2O4/c1-6-18-27(24(29)30)22-14-10-20(11-15-22)8-9-21-12-16-23(17-13-21)28(19-7-2)25(31)32-26(3,4)5/h2,8-17H,6,18-19H2,1,3-5H3,(H,29,30)/b9-8+. The zero-order valence-electron chi connectivity index (χ0n) is 19.0. The number of hydrogen-bond acceptors (Lipinski definition) is 3. The predicted molar refractivity (Wildman–Crippen MR) is 130 cm³/mol. The van der Waals surface area contributed by atoms with Gasteiger partial charge in [0.15, 0.2) is 0 Å². The van der Waals surface area contributed by atoms with Crippen LogP contribution in [-0.2, 0) is 4.74 Å². The summed E-state index contributed by atoms with van der Waals surface area (Å²) < 4.78 is 5.44. The van der Waals surface area contributed by atoms with Crippen molar-refractivity contribution in [1.29, 1.82) is 0 Å². The van der Waals surface area contributed by atoms with Gasteiger partial charge in [0, 0.05) is 17.9 Å². The van der Waals surface area contributed by atoms with Crippen molar-refractivity contribution in [3.63, 3.8) is 0 Å². The summed E-state index contributed by atoms with van der Waals surface area (Å²) in [4.78, 5) is 26.6. The van der Waals surface area contributed by atoms with Crippen molar-refractivity contribution in [1.82, 2.24) is 0 Å². The molecule has 1 N–H and O–H groups in total. The van der Waals surface area contributed by atoms with Gasteiger partial charge in [-0.25, -0.2) is 9.59 Å². The number of ether oxygens (including phenoxy) is 1. The second kappa shape index (κ2) is 11.1. The highest BCUT2D eigenvalue weighted by atomic mass is 16.6. The molecule has 0 bridgehead atoms. The Balaban J connectivity index is 2.12. The third-order valence-electron chi connectivity index (χ3n) is 4.42. The molecule has 0 heterocycles. The van der Waals surface area contributed by atoms with Crippen LogP contribution in [0.25, 0.3) is 12.2 Å². The molecule has 168 valence electrons. The van der Waals surface area contributed by atoms with Gasteiger partial charge in [-0.2, -0.15) is 0 Å². The molecule has 0 radical (unpaired) electrons. The summed E-state index contributed by atoms with van der Waals surface area (Å²) in [6.45, 7) is 7.93. The van der Waals surface area contributed by atoms with Crippen LogP contribution in [0.15, 0.2) is 48.5 Å². The Labute approximate surface area is 190 Å². The lowest BCUT2D eigenvalue weighted by atomic mass is 10.1. The summed E-state index contributed by atoms with van der Waals surface area (Å²) in [6, 6.07) is 14.8. The molecule has 0 fully saturated rings. The Morgan fingerprint density at radius 3 is 1.81 bits per heavy atom. The van der Waals surface area contributed by atoms with E-state index in [2.05, 4.69) is 5.92 Å². The van der Waals surface area contributed by atoms with Gasteiger partial charge in [0.25, 0.3) is 0 Å². The van der Waals surface area contributed by atoms with Crippen molar-refractivity contribution in [3.8, 4) is 12.3 Å². The van der Waals surface area contributed by atoms with E-state index in [0.717, 1.165) is 17.5 Å². The van der Waals surface area contributed by atoms with E-state index in [0.29, 0.717) is 17.9 Å². The van der Waals surface area contributed by atoms with Crippen molar-refractivity contribution >= 4 is 35.7 Å². The summed E-state index contributed by atoms with van der Waals surface area (Å²) in [5.41, 5.74) is 2.59. The first-order chi connectivity index (χ1) is 15.1. The number of benzene rings is 2. The molecule has 0 aliphatic rings. The first kappa shape index (κ1) is 24.5. The first-order valence-electron chi connectivity index (χ1n) is 10.5. The quantitative estimate of drug-likeness (QED) is 0.421. The van der Waals surface area contributed by atoms with Gasteiger partial charge >= 0.3 is 12.2 Å². The number of carbonyl (C=O) groups is 2. The van der Waals surface area contributed by atoms with Crippen LogP contribution >= 0.6 is 0 Å². The lowest BCUT2D eigenvalue weighted by Crippen LogP contribution is -2.37. The maximum absolute atomic E-state index is 12.5. The average molecular weight is 435 g/mol. The van der Waals surface area contributed by atoms with Crippen molar-refractivity contribution in [2.75, 3.05) is 22.9 Å². The molecule has 2 aromatic carbocycles. The Morgan fingerprint density at radius 2 is 1.44 bits per heavy atom. The van der Waals surface area contributed by atoms with Gasteiger partial charge < -0.3 is 9.84 Å². The number of carboxylic acid groups (broad SMARTS) is 1. The van der Waals surface area contributed by atoms with E-state index in [4.69, 9.17) is 11.2 Å². The third kappa shape index (κ3) is 7.21. The van der Waals surface area contributed by atoms with Crippen LogP contribution in [0, 0.1) is 12.3 Å². The molecular weight excluding hydrogens is 404 g/mol. The van der Waals surface area contributed by atoms with Crippen molar-refractivity contribution in [3.05, 3.63) is 59.7 Å². The Hall–Kier alpha value is -3.72. The number of anilines is 2. The lowest BCUT2D eigenvalue weighted by molar-refractivity contribution is 0.0585. The fourth-order valence-corrected chi connectivity index (χ4v) is 2.95. The van der Waals surface area contributed by atoms with Gasteiger partial charge in [-0.15, -0.1) is 6.42 Å². The average Bonchev–Trinajstić information content (AvgIpc) is 2.74. The predicted octanol–water partition coefficient (Wildman–Crippen LogP) is 6.13. The second-order valence-electron chi connectivity index (χ2n) is 8.22. The zero-order chi connectivity index (χ0) is 23.7. The summed E-state index contributed by atoms with van der Waals surface area (Å²) in [7, 11) is 0. The molecule has 0 aromatic heterocycles. The van der Waals surface area contributed by atoms with E-state index in [1.54, 1.807) is 12.1 Å². The van der Waals surface area contributed by atoms with E-state index < -0.39 is 17.8 Å². The molecule has 0 saturated carbocycles. The second-order valence-corrected chi connectivity index (χ2v) is 8.22. The van der Waals surface area contributed by atoms with Gasteiger partial charge in [0.1, 0.15) is 5.60 Å². The Bertz CT molecular complexity index is 980. The fourth-order valence-electron chi connectivity index (χ4n) is 2.95. The molecule has 0 saturated heterocycles. The lowest BCUT2D eigenvalue weighted by Gasteiger charge is -2.26. The number of amides is 2. The molecule has 0 aliphatic heterocycles. The number of carbonyl (C=O) groups excluding carboxylic acids is 1. The topological polar surface area (TPSA) is 70.1 Å². The molecule has 0 atom stereocenters. The highest BCUT2D eigenvalue weighted by Crippen LogP contribution is 2.21.